The van der Waals surface area contributed by atoms with Gasteiger partial charge in [0.15, 0.2) is 0 Å². The van der Waals surface area contributed by atoms with Crippen molar-refractivity contribution in [2.75, 3.05) is 46.1 Å². The van der Waals surface area contributed by atoms with Crippen LogP contribution in [0.15, 0.2) is 30.3 Å². The molecular formula is C17H26N2O2. The van der Waals surface area contributed by atoms with Gasteiger partial charge >= 0.3 is 0 Å². The molecule has 0 aromatic heterocycles. The van der Waals surface area contributed by atoms with Crippen molar-refractivity contribution in [1.82, 2.24) is 4.90 Å². The summed E-state index contributed by atoms with van der Waals surface area (Å²) < 4.78 is 10.9. The maximum Gasteiger partial charge on any atom is 0.0839 e. The number of rotatable bonds is 11. The van der Waals surface area contributed by atoms with Crippen LogP contribution in [0.5, 0.6) is 0 Å². The highest BCUT2D eigenvalue weighted by atomic mass is 16.5. The minimum absolute atomic E-state index is 0.116. The predicted molar refractivity (Wildman–Crippen MR) is 84.2 cm³/mol. The summed E-state index contributed by atoms with van der Waals surface area (Å²) in [5.41, 5.74) is 1.07. The van der Waals surface area contributed by atoms with E-state index in [2.05, 4.69) is 11.0 Å². The molecule has 0 N–H and O–H groups in total. The normalized spacial score (nSPS) is 12.3. The van der Waals surface area contributed by atoms with Gasteiger partial charge in [-0.1, -0.05) is 30.3 Å². The van der Waals surface area contributed by atoms with Crippen molar-refractivity contribution < 1.29 is 9.47 Å². The van der Waals surface area contributed by atoms with E-state index in [-0.39, 0.29) is 5.92 Å². The maximum atomic E-state index is 9.43. The van der Waals surface area contributed by atoms with Gasteiger partial charge in [0.1, 0.15) is 0 Å². The summed E-state index contributed by atoms with van der Waals surface area (Å²) in [5, 5.41) is 9.43. The summed E-state index contributed by atoms with van der Waals surface area (Å²) >= 11 is 0. The molecule has 0 heterocycles. The zero-order valence-electron chi connectivity index (χ0n) is 13.1. The molecule has 0 bridgehead atoms. The third-order valence-electron chi connectivity index (χ3n) is 3.31. The fourth-order valence-electron chi connectivity index (χ4n) is 2.13. The number of hydrogen-bond donors (Lipinski definition) is 0. The molecule has 21 heavy (non-hydrogen) atoms. The number of nitrogens with zero attached hydrogens (tertiary/aromatic N) is 2. The molecule has 0 spiro atoms. The second-order valence-corrected chi connectivity index (χ2v) is 4.79. The van der Waals surface area contributed by atoms with Crippen LogP contribution in [0.4, 0.5) is 0 Å². The Hall–Kier alpha value is -1.41. The molecule has 1 rings (SSSR count). The van der Waals surface area contributed by atoms with Gasteiger partial charge in [-0.05, 0) is 19.4 Å². The molecule has 0 saturated carbocycles. The van der Waals surface area contributed by atoms with Crippen molar-refractivity contribution in [1.29, 1.82) is 5.26 Å². The summed E-state index contributed by atoms with van der Waals surface area (Å²) in [6.07, 6.45) is 0. The SMILES string of the molecule is CCOCCN(CCOCC)CC(C#N)c1ccccc1. The molecule has 0 aliphatic rings. The molecule has 0 aliphatic carbocycles. The molecule has 0 amide bonds. The predicted octanol–water partition coefficient (Wildman–Crippen LogP) is 2.67. The Morgan fingerprint density at radius 2 is 1.62 bits per heavy atom. The summed E-state index contributed by atoms with van der Waals surface area (Å²) in [6.45, 7) is 9.17. The Morgan fingerprint density at radius 3 is 2.10 bits per heavy atom. The fraction of sp³-hybridized carbons (Fsp3) is 0.588. The molecule has 0 radical (unpaired) electrons. The second-order valence-electron chi connectivity index (χ2n) is 4.79. The van der Waals surface area contributed by atoms with Crippen LogP contribution < -0.4 is 0 Å². The van der Waals surface area contributed by atoms with Gasteiger partial charge in [-0.25, -0.2) is 0 Å². The number of benzene rings is 1. The lowest BCUT2D eigenvalue weighted by Crippen LogP contribution is -2.34. The summed E-state index contributed by atoms with van der Waals surface area (Å²) in [4.78, 5) is 2.24. The summed E-state index contributed by atoms with van der Waals surface area (Å²) in [6, 6.07) is 12.4. The van der Waals surface area contributed by atoms with Crippen LogP contribution in [0, 0.1) is 11.3 Å². The molecule has 1 unspecified atom stereocenters. The van der Waals surface area contributed by atoms with Gasteiger partial charge in [0, 0.05) is 32.8 Å². The van der Waals surface area contributed by atoms with E-state index in [1.54, 1.807) is 0 Å². The van der Waals surface area contributed by atoms with Gasteiger partial charge in [0.25, 0.3) is 0 Å². The fourth-order valence-corrected chi connectivity index (χ4v) is 2.13. The van der Waals surface area contributed by atoms with Gasteiger partial charge in [-0.3, -0.25) is 4.90 Å². The van der Waals surface area contributed by atoms with Gasteiger partial charge in [-0.2, -0.15) is 5.26 Å². The van der Waals surface area contributed by atoms with Crippen LogP contribution in [0.25, 0.3) is 0 Å². The first-order valence-electron chi connectivity index (χ1n) is 7.64. The van der Waals surface area contributed by atoms with Crippen molar-refractivity contribution in [2.45, 2.75) is 19.8 Å². The van der Waals surface area contributed by atoms with E-state index >= 15 is 0 Å². The van der Waals surface area contributed by atoms with E-state index in [0.717, 1.165) is 31.9 Å². The number of ether oxygens (including phenoxy) is 2. The molecule has 0 aliphatic heterocycles. The van der Waals surface area contributed by atoms with Gasteiger partial charge in [0.2, 0.25) is 0 Å². The first-order valence-corrected chi connectivity index (χ1v) is 7.64. The molecule has 1 atom stereocenters. The topological polar surface area (TPSA) is 45.5 Å². The quantitative estimate of drug-likeness (QED) is 0.588. The maximum absolute atomic E-state index is 9.43. The third kappa shape index (κ3) is 7.24. The van der Waals surface area contributed by atoms with Crippen molar-refractivity contribution in [3.63, 3.8) is 0 Å². The largest absolute Gasteiger partial charge is 0.380 e. The molecule has 116 valence electrons. The average Bonchev–Trinajstić information content (AvgIpc) is 2.53. The molecule has 0 fully saturated rings. The minimum atomic E-state index is -0.116. The second kappa shape index (κ2) is 11.3. The summed E-state index contributed by atoms with van der Waals surface area (Å²) in [7, 11) is 0. The van der Waals surface area contributed by atoms with Crippen LogP contribution in [0.1, 0.15) is 25.3 Å². The van der Waals surface area contributed by atoms with E-state index in [0.29, 0.717) is 19.8 Å². The average molecular weight is 290 g/mol. The third-order valence-corrected chi connectivity index (χ3v) is 3.31. The van der Waals surface area contributed by atoms with Crippen LogP contribution in [-0.2, 0) is 9.47 Å². The highest BCUT2D eigenvalue weighted by Gasteiger charge is 2.15. The minimum Gasteiger partial charge on any atom is -0.380 e. The smallest absolute Gasteiger partial charge is 0.0839 e. The monoisotopic (exact) mass is 290 g/mol. The molecular weight excluding hydrogens is 264 g/mol. The van der Waals surface area contributed by atoms with E-state index in [9.17, 15) is 5.26 Å². The van der Waals surface area contributed by atoms with Crippen LogP contribution in [0.2, 0.25) is 0 Å². The van der Waals surface area contributed by atoms with Crippen LogP contribution in [0.3, 0.4) is 0 Å². The zero-order chi connectivity index (χ0) is 15.3. The standard InChI is InChI=1S/C17H26N2O2/c1-3-20-12-10-19(11-13-21-4-2)15-17(14-18)16-8-6-5-7-9-16/h5-9,17H,3-4,10-13,15H2,1-2H3. The van der Waals surface area contributed by atoms with E-state index < -0.39 is 0 Å². The molecule has 4 heteroatoms. The Kier molecular flexibility index (Phi) is 9.47. The first-order chi connectivity index (χ1) is 10.3. The van der Waals surface area contributed by atoms with Crippen molar-refractivity contribution in [2.24, 2.45) is 0 Å². The highest BCUT2D eigenvalue weighted by Crippen LogP contribution is 2.16. The first kappa shape index (κ1) is 17.6. The Bertz CT molecular complexity index is 393. The van der Waals surface area contributed by atoms with Crippen molar-refractivity contribution >= 4 is 0 Å². The van der Waals surface area contributed by atoms with Crippen molar-refractivity contribution in [3.8, 4) is 6.07 Å². The number of hydrogen-bond acceptors (Lipinski definition) is 4. The lowest BCUT2D eigenvalue weighted by molar-refractivity contribution is 0.0820. The Morgan fingerprint density at radius 1 is 1.05 bits per heavy atom. The van der Waals surface area contributed by atoms with Crippen molar-refractivity contribution in [3.05, 3.63) is 35.9 Å². The zero-order valence-corrected chi connectivity index (χ0v) is 13.1. The van der Waals surface area contributed by atoms with Gasteiger partial charge < -0.3 is 9.47 Å². The van der Waals surface area contributed by atoms with Crippen LogP contribution >= 0.6 is 0 Å². The van der Waals surface area contributed by atoms with Gasteiger partial charge in [0.05, 0.1) is 25.2 Å². The Labute approximate surface area is 128 Å². The van der Waals surface area contributed by atoms with Crippen LogP contribution in [-0.4, -0.2) is 51.0 Å². The highest BCUT2D eigenvalue weighted by molar-refractivity contribution is 5.25. The molecule has 1 aromatic rings. The lowest BCUT2D eigenvalue weighted by Gasteiger charge is -2.24. The molecule has 1 aromatic carbocycles. The van der Waals surface area contributed by atoms with E-state index in [1.165, 1.54) is 0 Å². The van der Waals surface area contributed by atoms with E-state index in [4.69, 9.17) is 9.47 Å². The Balaban J connectivity index is 2.57. The number of nitriles is 1. The summed E-state index contributed by atoms with van der Waals surface area (Å²) in [5.74, 6) is -0.116. The van der Waals surface area contributed by atoms with Gasteiger partial charge in [-0.15, -0.1) is 0 Å². The lowest BCUT2D eigenvalue weighted by atomic mass is 10.00. The van der Waals surface area contributed by atoms with E-state index in [1.807, 2.05) is 44.2 Å². The molecule has 0 saturated heterocycles. The molecule has 4 nitrogen and oxygen atoms in total.